The van der Waals surface area contributed by atoms with E-state index in [1.54, 1.807) is 61.3 Å². The van der Waals surface area contributed by atoms with E-state index >= 15 is 0 Å². The van der Waals surface area contributed by atoms with Gasteiger partial charge in [0.1, 0.15) is 18.7 Å². The molecule has 28 nitrogen and oxygen atoms in total. The fraction of sp³-hybridized carbons (Fsp3) is 0.472. The Morgan fingerprint density at radius 1 is 0.814 bits per heavy atom. The molecule has 0 radical (unpaired) electrons. The molecule has 6 aromatic rings. The number of nitrogens with one attached hydrogen (secondary N) is 5. The summed E-state index contributed by atoms with van der Waals surface area (Å²) < 4.78 is 27.8. The van der Waals surface area contributed by atoms with Gasteiger partial charge in [0.15, 0.2) is 10.8 Å². The Morgan fingerprint density at radius 3 is 2.26 bits per heavy atom. The first-order valence-electron chi connectivity index (χ1n) is 34.5. The van der Waals surface area contributed by atoms with Crippen LogP contribution in [0.25, 0.3) is 32.6 Å². The molecule has 542 valence electrons. The van der Waals surface area contributed by atoms with E-state index in [0.717, 1.165) is 71.3 Å². The minimum Gasteiger partial charge on any atom is -0.476 e. The van der Waals surface area contributed by atoms with Crippen LogP contribution in [0.1, 0.15) is 133 Å². The fourth-order valence-electron chi connectivity index (χ4n) is 16.4. The van der Waals surface area contributed by atoms with E-state index in [1.807, 2.05) is 53.3 Å². The van der Waals surface area contributed by atoms with E-state index in [1.165, 1.54) is 28.4 Å². The molecule has 2 aliphatic heterocycles. The van der Waals surface area contributed by atoms with Crippen LogP contribution >= 0.6 is 18.9 Å². The molecule has 102 heavy (non-hydrogen) atoms. The van der Waals surface area contributed by atoms with Gasteiger partial charge in [-0.1, -0.05) is 81.9 Å². The fourth-order valence-corrected chi connectivity index (χ4v) is 17.8. The zero-order valence-corrected chi connectivity index (χ0v) is 59.3. The molecule has 0 saturated heterocycles. The lowest BCUT2D eigenvalue weighted by atomic mass is 9.39. The summed E-state index contributed by atoms with van der Waals surface area (Å²) in [6.07, 6.45) is 13.0. The van der Waals surface area contributed by atoms with Crippen molar-refractivity contribution in [3.63, 3.8) is 0 Å². The standard InChI is InChI=1S/C72H88N13O15PS/c1-45(2)60(80-57(86)16-6-5-9-28-85-58(87)25-26-59(85)88)63(90)78-54(14-10-27-74-65(73)93)62(89)76-50-21-17-46(18-22-50)37-99-68(95)82(31-33-101(96,97)98)30-32-100-72-41-69(3)38-70(4,42-72)40-71(39-69,43-72)44-83-36-49(35-75-83)51-23-24-52(77-61(51)64(91)92)48-20-19-47-12-11-29-84(55(47)34-48)67(94)81-66-79-53-13-7-8-15-56(53)102-66/h7-8,13,15,17-26,34-36,45,54,60H,5-6,9-12,14,16,27-33,37-44H2,1-4H3,(H,76,89)(H,78,90)(H,80,86)(H,91,92)(H3,73,74,93)(H,79,81,94)(H2,96,97,98)/t54-,60-,69?,70?,71?,72?/m0/s1. The lowest BCUT2D eigenvalue weighted by Crippen LogP contribution is -2.64. The van der Waals surface area contributed by atoms with Crippen molar-refractivity contribution in [3.8, 4) is 22.4 Å². The molecule has 3 aromatic heterocycles. The number of aryl methyl sites for hydroxylation is 1. The summed E-state index contributed by atoms with van der Waals surface area (Å²) in [6.45, 7) is 8.89. The van der Waals surface area contributed by atoms with Crippen LogP contribution in [0.5, 0.6) is 0 Å². The maximum absolute atomic E-state index is 13.9. The Hall–Kier alpha value is -9.41. The zero-order valence-electron chi connectivity index (χ0n) is 57.6. The van der Waals surface area contributed by atoms with Gasteiger partial charge in [-0.2, -0.15) is 5.10 Å². The summed E-state index contributed by atoms with van der Waals surface area (Å²) in [5.74, 6) is -3.94. The molecule has 10 N–H and O–H groups in total. The predicted molar refractivity (Wildman–Crippen MR) is 381 cm³/mol. The molecule has 4 fully saturated rings. The molecule has 4 saturated carbocycles. The minimum atomic E-state index is -4.57. The molecule has 5 heterocycles. The number of primary amides is 1. The Labute approximate surface area is 594 Å². The summed E-state index contributed by atoms with van der Waals surface area (Å²) in [4.78, 5) is 150. The van der Waals surface area contributed by atoms with Gasteiger partial charge in [0, 0.05) is 92.1 Å². The molecular formula is C72H88N13O15PS. The topological polar surface area (TPSA) is 389 Å². The number of ether oxygens (including phenoxy) is 2. The third kappa shape index (κ3) is 18.3. The second kappa shape index (κ2) is 31.0. The first-order valence-corrected chi connectivity index (χ1v) is 37.2. The monoisotopic (exact) mass is 1440 g/mol. The number of amides is 10. The summed E-state index contributed by atoms with van der Waals surface area (Å²) in [7, 11) is -4.57. The summed E-state index contributed by atoms with van der Waals surface area (Å²) >= 11 is 1.40. The number of thiazole rings is 1. The van der Waals surface area contributed by atoms with Gasteiger partial charge in [0.25, 0.3) is 11.8 Å². The molecule has 6 aliphatic rings. The second-order valence-electron chi connectivity index (χ2n) is 28.9. The van der Waals surface area contributed by atoms with Crippen LogP contribution < -0.4 is 37.2 Å². The summed E-state index contributed by atoms with van der Waals surface area (Å²) in [5, 5.41) is 29.7. The molecule has 10 amide bonds. The average molecular weight is 1440 g/mol. The van der Waals surface area contributed by atoms with Crippen molar-refractivity contribution in [2.75, 3.05) is 61.0 Å². The van der Waals surface area contributed by atoms with E-state index in [0.29, 0.717) is 77.5 Å². The molecule has 30 heteroatoms. The van der Waals surface area contributed by atoms with Gasteiger partial charge in [-0.3, -0.25) is 48.3 Å². The number of carbonyl (C=O) groups is 9. The number of aromatic nitrogens is 4. The van der Waals surface area contributed by atoms with Crippen molar-refractivity contribution in [2.24, 2.45) is 27.9 Å². The van der Waals surface area contributed by atoms with Crippen molar-refractivity contribution < 1.29 is 72.1 Å². The highest BCUT2D eigenvalue weighted by Gasteiger charge is 2.66. The third-order valence-electron chi connectivity index (χ3n) is 19.8. The van der Waals surface area contributed by atoms with Crippen LogP contribution in [0.2, 0.25) is 0 Å². The second-order valence-corrected chi connectivity index (χ2v) is 31.7. The van der Waals surface area contributed by atoms with Crippen LogP contribution in [0.3, 0.4) is 0 Å². The zero-order chi connectivity index (χ0) is 72.7. The molecule has 4 atom stereocenters. The number of carbonyl (C=O) groups excluding carboxylic acids is 8. The summed E-state index contributed by atoms with van der Waals surface area (Å²) in [5.41, 5.74) is 9.44. The number of hydrogen-bond donors (Lipinski definition) is 9. The lowest BCUT2D eigenvalue weighted by molar-refractivity contribution is -0.248. The van der Waals surface area contributed by atoms with Gasteiger partial charge in [-0.05, 0) is 153 Å². The number of fused-ring (bicyclic) bond motifs is 2. The Balaban J connectivity index is 0.694. The van der Waals surface area contributed by atoms with E-state index in [9.17, 15) is 62.6 Å². The van der Waals surface area contributed by atoms with Crippen molar-refractivity contribution in [1.82, 2.24) is 45.5 Å². The van der Waals surface area contributed by atoms with E-state index in [2.05, 4.69) is 45.4 Å². The molecule has 4 bridgehead atoms. The highest BCUT2D eigenvalue weighted by atomic mass is 32.1. The van der Waals surface area contributed by atoms with Gasteiger partial charge in [0.2, 0.25) is 17.7 Å². The van der Waals surface area contributed by atoms with Gasteiger partial charge in [0.05, 0.1) is 40.5 Å². The quantitative estimate of drug-likeness (QED) is 0.0111. The van der Waals surface area contributed by atoms with Crippen LogP contribution in [0, 0.1) is 22.2 Å². The normalized spacial score (nSPS) is 21.0. The van der Waals surface area contributed by atoms with Crippen molar-refractivity contribution in [2.45, 2.75) is 148 Å². The number of aromatic carboxylic acids is 1. The number of carboxylic acids is 1. The van der Waals surface area contributed by atoms with Crippen LogP contribution in [-0.4, -0.2) is 161 Å². The van der Waals surface area contributed by atoms with Crippen LogP contribution in [0.15, 0.2) is 103 Å². The van der Waals surface area contributed by atoms with Crippen molar-refractivity contribution in [1.29, 1.82) is 0 Å². The smallest absolute Gasteiger partial charge is 0.410 e. The molecule has 12 rings (SSSR count). The lowest BCUT2D eigenvalue weighted by Gasteiger charge is -2.69. The summed E-state index contributed by atoms with van der Waals surface area (Å²) in [6, 6.07) is 20.1. The Kier molecular flexibility index (Phi) is 22.5. The van der Waals surface area contributed by atoms with Crippen LogP contribution in [-0.2, 0) is 57.6 Å². The number of nitrogens with zero attached hydrogens (tertiary/aromatic N) is 7. The number of urea groups is 2. The van der Waals surface area contributed by atoms with Gasteiger partial charge in [-0.15, -0.1) is 0 Å². The maximum Gasteiger partial charge on any atom is 0.410 e. The highest BCUT2D eigenvalue weighted by molar-refractivity contribution is 7.51. The Bertz CT molecular complexity index is 4200. The number of anilines is 3. The molecule has 4 aliphatic carbocycles. The number of unbranched alkanes of at least 4 members (excludes halogenated alkanes) is 2. The number of carboxylic acid groups (broad SMARTS) is 1. The largest absolute Gasteiger partial charge is 0.476 e. The number of hydrogen-bond acceptors (Lipinski definition) is 16. The van der Waals surface area contributed by atoms with E-state index < -0.39 is 67.3 Å². The highest BCUT2D eigenvalue weighted by Crippen LogP contribution is 2.72. The van der Waals surface area contributed by atoms with Crippen molar-refractivity contribution in [3.05, 3.63) is 120 Å². The number of para-hydroxylation sites is 1. The van der Waals surface area contributed by atoms with Crippen LogP contribution in [0.4, 0.5) is 30.9 Å². The first kappa shape index (κ1) is 73.8. The number of imide groups is 1. The molecule has 2 unspecified atom stereocenters. The third-order valence-corrected chi connectivity index (χ3v) is 21.5. The maximum atomic E-state index is 13.9. The van der Waals surface area contributed by atoms with Gasteiger partial charge in [-0.25, -0.2) is 29.1 Å². The predicted octanol–water partition coefficient (Wildman–Crippen LogP) is 9.36. The molecule has 0 spiro atoms. The van der Waals surface area contributed by atoms with Crippen molar-refractivity contribution >= 4 is 99.3 Å². The number of pyridine rings is 1. The average Bonchev–Trinajstić information content (AvgIpc) is 0.729. The number of benzene rings is 3. The SMILES string of the molecule is CC(C)[C@H](NC(=O)CCCCCN1C(=O)C=CC1=O)C(=O)N[C@@H](CCCNC(N)=O)C(=O)Nc1ccc(COC(=O)N(CCOC23CC4(C)CC(C)(CC(Cn5cc(-c6ccc(-c7ccc8c(c7)N(C(=O)Nc7nc9ccccc9s7)CCC8)nc6C(=O)O)cn5)(C4)C2)C3)CCP(=O)(O)O)cc1. The number of nitrogens with two attached hydrogens (primary N) is 1. The minimum absolute atomic E-state index is 0.0329. The molecular weight excluding hydrogens is 1350 g/mol. The number of rotatable bonds is 31. The van der Waals surface area contributed by atoms with E-state index in [-0.39, 0.29) is 104 Å². The molecule has 3 aromatic carbocycles. The first-order chi connectivity index (χ1) is 48.5. The van der Waals surface area contributed by atoms with E-state index in [4.69, 9.17) is 25.3 Å². The van der Waals surface area contributed by atoms with Gasteiger partial charge < -0.3 is 56.3 Å². The van der Waals surface area contributed by atoms with Gasteiger partial charge >= 0.3 is 31.7 Å². The Morgan fingerprint density at radius 2 is 1.56 bits per heavy atom.